The van der Waals surface area contributed by atoms with Crippen LogP contribution in [0.25, 0.3) is 0 Å². The van der Waals surface area contributed by atoms with Crippen LogP contribution in [0.3, 0.4) is 0 Å². The summed E-state index contributed by atoms with van der Waals surface area (Å²) in [6.07, 6.45) is 4.90. The first-order valence-corrected chi connectivity index (χ1v) is 10.6. The van der Waals surface area contributed by atoms with E-state index in [1.807, 2.05) is 40.1 Å². The smallest absolute Gasteiger partial charge is 0.227 e. The van der Waals surface area contributed by atoms with Gasteiger partial charge in [-0.3, -0.25) is 9.59 Å². The molecule has 2 amide bonds. The summed E-state index contributed by atoms with van der Waals surface area (Å²) in [5, 5.41) is 0. The molecule has 2 atom stereocenters. The van der Waals surface area contributed by atoms with E-state index in [1.165, 1.54) is 0 Å². The maximum Gasteiger partial charge on any atom is 0.227 e. The molecule has 0 radical (unpaired) electrons. The van der Waals surface area contributed by atoms with E-state index in [0.29, 0.717) is 26.2 Å². The molecular formula is C22H30N2O4. The Labute approximate surface area is 166 Å². The molecular weight excluding hydrogens is 356 g/mol. The Morgan fingerprint density at radius 1 is 0.964 bits per heavy atom. The molecule has 1 aromatic rings. The molecule has 0 N–H and O–H groups in total. The van der Waals surface area contributed by atoms with Crippen LogP contribution in [-0.2, 0) is 25.5 Å². The molecule has 6 heteroatoms. The first-order valence-electron chi connectivity index (χ1n) is 10.6. The van der Waals surface area contributed by atoms with Crippen LogP contribution in [0.2, 0.25) is 0 Å². The fraction of sp³-hybridized carbons (Fsp3) is 0.636. The number of nitrogens with zero attached hydrogens (tertiary/aromatic N) is 2. The lowest BCUT2D eigenvalue weighted by atomic mass is 9.93. The van der Waals surface area contributed by atoms with E-state index in [0.717, 1.165) is 50.8 Å². The monoisotopic (exact) mass is 386 g/mol. The lowest BCUT2D eigenvalue weighted by Gasteiger charge is -2.41. The number of ether oxygens (including phenoxy) is 2. The first-order chi connectivity index (χ1) is 13.7. The van der Waals surface area contributed by atoms with Gasteiger partial charge in [-0.25, -0.2) is 0 Å². The molecule has 3 heterocycles. The zero-order chi connectivity index (χ0) is 19.3. The molecule has 28 heavy (non-hydrogen) atoms. The second-order valence-electron chi connectivity index (χ2n) is 8.05. The molecule has 0 bridgehead atoms. The molecule has 0 aromatic heterocycles. The summed E-state index contributed by atoms with van der Waals surface area (Å²) in [6.45, 7) is 3.25. The first kappa shape index (κ1) is 19.4. The topological polar surface area (TPSA) is 59.1 Å². The van der Waals surface area contributed by atoms with Crippen LogP contribution < -0.4 is 0 Å². The van der Waals surface area contributed by atoms with Gasteiger partial charge in [-0.15, -0.1) is 0 Å². The van der Waals surface area contributed by atoms with Crippen molar-refractivity contribution in [1.29, 1.82) is 0 Å². The molecule has 3 aliphatic rings. The number of piperidine rings is 2. The van der Waals surface area contributed by atoms with Crippen LogP contribution >= 0.6 is 0 Å². The molecule has 3 aliphatic heterocycles. The molecule has 1 aromatic carbocycles. The van der Waals surface area contributed by atoms with Gasteiger partial charge in [0.15, 0.2) is 6.29 Å². The van der Waals surface area contributed by atoms with Gasteiger partial charge in [0.25, 0.3) is 0 Å². The number of carbonyl (C=O) groups is 2. The van der Waals surface area contributed by atoms with Crippen molar-refractivity contribution >= 4 is 11.8 Å². The number of benzene rings is 1. The minimum atomic E-state index is -0.288. The number of carbonyl (C=O) groups excluding carboxylic acids is 2. The molecule has 0 spiro atoms. The average Bonchev–Trinajstić information content (AvgIpc) is 3.29. The summed E-state index contributed by atoms with van der Waals surface area (Å²) >= 11 is 0. The van der Waals surface area contributed by atoms with E-state index < -0.39 is 0 Å². The number of hydrogen-bond donors (Lipinski definition) is 0. The van der Waals surface area contributed by atoms with E-state index in [2.05, 4.69) is 0 Å². The number of likely N-dealkylation sites (tertiary alicyclic amines) is 2. The summed E-state index contributed by atoms with van der Waals surface area (Å²) < 4.78 is 11.4. The van der Waals surface area contributed by atoms with Crippen molar-refractivity contribution in [2.24, 2.45) is 5.92 Å². The predicted molar refractivity (Wildman–Crippen MR) is 104 cm³/mol. The van der Waals surface area contributed by atoms with E-state index in [4.69, 9.17) is 9.47 Å². The van der Waals surface area contributed by atoms with Crippen LogP contribution in [0.1, 0.15) is 37.7 Å². The van der Waals surface area contributed by atoms with Gasteiger partial charge in [-0.2, -0.15) is 0 Å². The van der Waals surface area contributed by atoms with Crippen molar-refractivity contribution in [3.05, 3.63) is 35.9 Å². The Morgan fingerprint density at radius 2 is 1.75 bits per heavy atom. The standard InChI is InChI=1S/C22H30N2O4/c25-20(15-17-7-2-1-3-8-17)23-11-6-9-18(16-23)21(26)24-12-5-4-10-19(24)22-27-13-14-28-22/h1-3,7-8,18-19,22H,4-6,9-16H2. The predicted octanol–water partition coefficient (Wildman–Crippen LogP) is 2.22. The highest BCUT2D eigenvalue weighted by molar-refractivity contribution is 5.82. The highest BCUT2D eigenvalue weighted by Gasteiger charge is 2.39. The Bertz CT molecular complexity index is 674. The molecule has 3 saturated heterocycles. The maximum atomic E-state index is 13.3. The van der Waals surface area contributed by atoms with E-state index >= 15 is 0 Å². The van der Waals surface area contributed by atoms with E-state index in [9.17, 15) is 9.59 Å². The van der Waals surface area contributed by atoms with Crippen LogP contribution in [0, 0.1) is 5.92 Å². The number of amides is 2. The van der Waals surface area contributed by atoms with Crippen LogP contribution in [-0.4, -0.2) is 66.8 Å². The molecule has 4 rings (SSSR count). The van der Waals surface area contributed by atoms with Gasteiger partial charge in [0, 0.05) is 19.6 Å². The molecule has 0 saturated carbocycles. The van der Waals surface area contributed by atoms with E-state index in [1.54, 1.807) is 0 Å². The van der Waals surface area contributed by atoms with Crippen molar-refractivity contribution in [3.63, 3.8) is 0 Å². The minimum Gasteiger partial charge on any atom is -0.348 e. The maximum absolute atomic E-state index is 13.3. The summed E-state index contributed by atoms with van der Waals surface area (Å²) in [5.74, 6) is 0.165. The largest absolute Gasteiger partial charge is 0.348 e. The van der Waals surface area contributed by atoms with Gasteiger partial charge >= 0.3 is 0 Å². The lowest BCUT2D eigenvalue weighted by Crippen LogP contribution is -2.54. The van der Waals surface area contributed by atoms with Gasteiger partial charge in [0.05, 0.1) is 31.6 Å². The lowest BCUT2D eigenvalue weighted by molar-refractivity contribution is -0.156. The third-order valence-electron chi connectivity index (χ3n) is 6.12. The Morgan fingerprint density at radius 3 is 2.54 bits per heavy atom. The molecule has 2 unspecified atom stereocenters. The van der Waals surface area contributed by atoms with Crippen LogP contribution in [0.5, 0.6) is 0 Å². The van der Waals surface area contributed by atoms with Crippen molar-refractivity contribution < 1.29 is 19.1 Å². The van der Waals surface area contributed by atoms with E-state index in [-0.39, 0.29) is 30.1 Å². The van der Waals surface area contributed by atoms with Crippen molar-refractivity contribution in [2.45, 2.75) is 50.9 Å². The fourth-order valence-electron chi connectivity index (χ4n) is 4.63. The average molecular weight is 386 g/mol. The number of rotatable bonds is 4. The van der Waals surface area contributed by atoms with Crippen LogP contribution in [0.15, 0.2) is 30.3 Å². The molecule has 152 valence electrons. The highest BCUT2D eigenvalue weighted by Crippen LogP contribution is 2.28. The summed E-state index contributed by atoms with van der Waals surface area (Å²) in [7, 11) is 0. The second-order valence-corrected chi connectivity index (χ2v) is 8.05. The third kappa shape index (κ3) is 4.39. The summed E-state index contributed by atoms with van der Waals surface area (Å²) in [6, 6.07) is 9.83. The van der Waals surface area contributed by atoms with Gasteiger partial charge in [0.1, 0.15) is 0 Å². The quantitative estimate of drug-likeness (QED) is 0.796. The van der Waals surface area contributed by atoms with Gasteiger partial charge in [-0.1, -0.05) is 30.3 Å². The second kappa shape index (κ2) is 9.05. The SMILES string of the molecule is O=C(Cc1ccccc1)N1CCCC(C(=O)N2CCCCC2C2OCCO2)C1. The molecule has 3 fully saturated rings. The zero-order valence-corrected chi connectivity index (χ0v) is 16.4. The van der Waals surface area contributed by atoms with Gasteiger partial charge in [-0.05, 0) is 37.7 Å². The minimum absolute atomic E-state index is 0.0131. The van der Waals surface area contributed by atoms with Crippen molar-refractivity contribution in [3.8, 4) is 0 Å². The van der Waals surface area contributed by atoms with Crippen molar-refractivity contribution in [2.75, 3.05) is 32.8 Å². The summed E-state index contributed by atoms with van der Waals surface area (Å²) in [5.41, 5.74) is 1.02. The third-order valence-corrected chi connectivity index (χ3v) is 6.12. The molecule has 6 nitrogen and oxygen atoms in total. The Balaban J connectivity index is 1.38. The highest BCUT2D eigenvalue weighted by atomic mass is 16.7. The van der Waals surface area contributed by atoms with Crippen LogP contribution in [0.4, 0.5) is 0 Å². The number of hydrogen-bond acceptors (Lipinski definition) is 4. The van der Waals surface area contributed by atoms with Gasteiger partial charge < -0.3 is 19.3 Å². The fourth-order valence-corrected chi connectivity index (χ4v) is 4.63. The van der Waals surface area contributed by atoms with Gasteiger partial charge in [0.2, 0.25) is 11.8 Å². The van der Waals surface area contributed by atoms with Crippen molar-refractivity contribution in [1.82, 2.24) is 9.80 Å². The Kier molecular flexibility index (Phi) is 6.27. The molecule has 0 aliphatic carbocycles. The normalized spacial score (nSPS) is 26.4. The Hall–Kier alpha value is -1.92. The zero-order valence-electron chi connectivity index (χ0n) is 16.4. The summed E-state index contributed by atoms with van der Waals surface area (Å²) in [4.78, 5) is 29.9.